The fourth-order valence-electron chi connectivity index (χ4n) is 4.38. The third-order valence-corrected chi connectivity index (χ3v) is 6.02. The summed E-state index contributed by atoms with van der Waals surface area (Å²) in [6, 6.07) is -0.328. The van der Waals surface area contributed by atoms with Crippen molar-refractivity contribution in [3.63, 3.8) is 0 Å². The lowest BCUT2D eigenvalue weighted by Crippen LogP contribution is -2.44. The van der Waals surface area contributed by atoms with Gasteiger partial charge in [-0.25, -0.2) is 4.79 Å². The molecule has 1 aliphatic carbocycles. The van der Waals surface area contributed by atoms with Crippen LogP contribution in [0.25, 0.3) is 0 Å². The van der Waals surface area contributed by atoms with Crippen LogP contribution < -0.4 is 10.6 Å². The van der Waals surface area contributed by atoms with Crippen molar-refractivity contribution in [2.75, 3.05) is 33.2 Å². The second kappa shape index (κ2) is 7.72. The third kappa shape index (κ3) is 3.81. The van der Waals surface area contributed by atoms with Gasteiger partial charge in [-0.05, 0) is 51.6 Å². The minimum Gasteiger partial charge on any atom is -0.343 e. The van der Waals surface area contributed by atoms with E-state index in [-0.39, 0.29) is 30.8 Å². The average molecular weight is 350 g/mol. The Labute approximate surface area is 149 Å². The first-order chi connectivity index (χ1) is 12.1. The van der Waals surface area contributed by atoms with Crippen LogP contribution in [0.4, 0.5) is 4.79 Å². The maximum Gasteiger partial charge on any atom is 0.325 e. The van der Waals surface area contributed by atoms with Crippen molar-refractivity contribution in [2.24, 2.45) is 5.92 Å². The molecule has 0 aromatic heterocycles. The van der Waals surface area contributed by atoms with Gasteiger partial charge in [-0.3, -0.25) is 14.5 Å². The zero-order valence-electron chi connectivity index (χ0n) is 15.2. The maximum absolute atomic E-state index is 12.6. The van der Waals surface area contributed by atoms with Gasteiger partial charge in [-0.1, -0.05) is 12.8 Å². The van der Waals surface area contributed by atoms with Crippen LogP contribution in [0, 0.1) is 5.92 Å². The van der Waals surface area contributed by atoms with Crippen molar-refractivity contribution in [2.45, 2.75) is 56.9 Å². The number of carbonyl (C=O) groups is 3. The number of urea groups is 1. The Morgan fingerprint density at radius 2 is 1.92 bits per heavy atom. The van der Waals surface area contributed by atoms with Gasteiger partial charge in [0.05, 0.1) is 0 Å². The molecule has 0 radical (unpaired) electrons. The van der Waals surface area contributed by atoms with Crippen molar-refractivity contribution in [1.82, 2.24) is 20.4 Å². The van der Waals surface area contributed by atoms with Crippen LogP contribution in [0.1, 0.15) is 51.4 Å². The summed E-state index contributed by atoms with van der Waals surface area (Å²) < 4.78 is 0. The number of hydrogen-bond donors (Lipinski definition) is 2. The number of nitrogens with one attached hydrogen (secondary N) is 2. The van der Waals surface area contributed by atoms with E-state index in [1.165, 1.54) is 4.90 Å². The Bertz CT molecular complexity index is 522. The summed E-state index contributed by atoms with van der Waals surface area (Å²) in [7, 11) is 1.96. The van der Waals surface area contributed by atoms with E-state index in [0.717, 1.165) is 64.6 Å². The standard InChI is InChI=1S/C18H30N4O3/c1-19-10-4-14-5-11-21(12-6-14)15(23)7-13-22-16(24)18(20-17(22)25)8-2-3-9-18/h14,19H,2-13H2,1H3,(H,20,25). The second-order valence-electron chi connectivity index (χ2n) is 7.64. The predicted octanol–water partition coefficient (Wildman–Crippen LogP) is 1.09. The lowest BCUT2D eigenvalue weighted by Gasteiger charge is -2.32. The highest BCUT2D eigenvalue weighted by atomic mass is 16.2. The zero-order valence-corrected chi connectivity index (χ0v) is 15.2. The molecule has 4 amide bonds. The molecule has 140 valence electrons. The van der Waals surface area contributed by atoms with Crippen molar-refractivity contribution >= 4 is 17.8 Å². The molecule has 0 atom stereocenters. The Morgan fingerprint density at radius 3 is 2.56 bits per heavy atom. The molecule has 3 fully saturated rings. The summed E-state index contributed by atoms with van der Waals surface area (Å²) in [5.41, 5.74) is -0.675. The van der Waals surface area contributed by atoms with Gasteiger partial charge in [-0.2, -0.15) is 0 Å². The topological polar surface area (TPSA) is 81.8 Å². The SMILES string of the molecule is CNCCC1CCN(C(=O)CCN2C(=O)NC3(CCCC3)C2=O)CC1. The number of hydrogen-bond acceptors (Lipinski definition) is 4. The highest BCUT2D eigenvalue weighted by Crippen LogP contribution is 2.35. The number of rotatable bonds is 6. The van der Waals surface area contributed by atoms with Crippen LogP contribution >= 0.6 is 0 Å². The fourth-order valence-corrected chi connectivity index (χ4v) is 4.38. The van der Waals surface area contributed by atoms with E-state index in [2.05, 4.69) is 10.6 Å². The van der Waals surface area contributed by atoms with Crippen LogP contribution in [-0.4, -0.2) is 66.4 Å². The summed E-state index contributed by atoms with van der Waals surface area (Å²) in [5.74, 6) is 0.610. The normalized spacial score (nSPS) is 23.6. The molecule has 2 aliphatic heterocycles. The van der Waals surface area contributed by atoms with Gasteiger partial charge in [0.25, 0.3) is 5.91 Å². The van der Waals surface area contributed by atoms with Crippen LogP contribution in [-0.2, 0) is 9.59 Å². The molecular formula is C18H30N4O3. The summed E-state index contributed by atoms with van der Waals surface area (Å²) in [6.45, 7) is 2.80. The largest absolute Gasteiger partial charge is 0.343 e. The highest BCUT2D eigenvalue weighted by molar-refractivity contribution is 6.07. The van der Waals surface area contributed by atoms with Crippen molar-refractivity contribution < 1.29 is 14.4 Å². The number of nitrogens with zero attached hydrogens (tertiary/aromatic N) is 2. The lowest BCUT2D eigenvalue weighted by molar-refractivity contribution is -0.134. The first-order valence-electron chi connectivity index (χ1n) is 9.62. The second-order valence-corrected chi connectivity index (χ2v) is 7.64. The molecule has 0 bridgehead atoms. The molecule has 0 aromatic rings. The van der Waals surface area contributed by atoms with Gasteiger partial charge in [0.2, 0.25) is 5.91 Å². The van der Waals surface area contributed by atoms with E-state index in [1.807, 2.05) is 11.9 Å². The van der Waals surface area contributed by atoms with Crippen LogP contribution in [0.3, 0.4) is 0 Å². The van der Waals surface area contributed by atoms with Gasteiger partial charge in [0, 0.05) is 26.1 Å². The highest BCUT2D eigenvalue weighted by Gasteiger charge is 2.52. The molecule has 25 heavy (non-hydrogen) atoms. The van der Waals surface area contributed by atoms with Crippen molar-refractivity contribution in [3.8, 4) is 0 Å². The monoisotopic (exact) mass is 350 g/mol. The Balaban J connectivity index is 1.45. The van der Waals surface area contributed by atoms with E-state index in [9.17, 15) is 14.4 Å². The van der Waals surface area contributed by atoms with E-state index >= 15 is 0 Å². The molecule has 2 saturated heterocycles. The Kier molecular flexibility index (Phi) is 5.61. The molecule has 1 spiro atoms. The molecule has 3 aliphatic rings. The first-order valence-corrected chi connectivity index (χ1v) is 9.62. The first kappa shape index (κ1) is 18.2. The van der Waals surface area contributed by atoms with Crippen molar-refractivity contribution in [1.29, 1.82) is 0 Å². The number of likely N-dealkylation sites (tertiary alicyclic amines) is 1. The van der Waals surface area contributed by atoms with Crippen molar-refractivity contribution in [3.05, 3.63) is 0 Å². The fraction of sp³-hybridized carbons (Fsp3) is 0.833. The minimum absolute atomic E-state index is 0.0556. The number of piperidine rings is 1. The van der Waals surface area contributed by atoms with Gasteiger partial charge >= 0.3 is 6.03 Å². The smallest absolute Gasteiger partial charge is 0.325 e. The Hall–Kier alpha value is -1.63. The van der Waals surface area contributed by atoms with E-state index in [1.54, 1.807) is 0 Å². The van der Waals surface area contributed by atoms with E-state index < -0.39 is 5.54 Å². The number of amides is 4. The molecule has 3 rings (SSSR count). The lowest BCUT2D eigenvalue weighted by atomic mass is 9.93. The van der Waals surface area contributed by atoms with Gasteiger partial charge in [0.1, 0.15) is 5.54 Å². The van der Waals surface area contributed by atoms with E-state index in [0.29, 0.717) is 5.92 Å². The van der Waals surface area contributed by atoms with Crippen LogP contribution in [0.5, 0.6) is 0 Å². The molecule has 2 N–H and O–H groups in total. The van der Waals surface area contributed by atoms with Gasteiger partial charge < -0.3 is 15.5 Å². The summed E-state index contributed by atoms with van der Waals surface area (Å²) in [5, 5.41) is 6.04. The summed E-state index contributed by atoms with van der Waals surface area (Å²) >= 11 is 0. The molecule has 0 aromatic carbocycles. The minimum atomic E-state index is -0.675. The predicted molar refractivity (Wildman–Crippen MR) is 93.9 cm³/mol. The quantitative estimate of drug-likeness (QED) is 0.703. The van der Waals surface area contributed by atoms with E-state index in [4.69, 9.17) is 0 Å². The molecule has 7 nitrogen and oxygen atoms in total. The maximum atomic E-state index is 12.6. The molecule has 2 heterocycles. The number of carbonyl (C=O) groups excluding carboxylic acids is 3. The summed E-state index contributed by atoms with van der Waals surface area (Å²) in [4.78, 5) is 40.3. The van der Waals surface area contributed by atoms with Crippen LogP contribution in [0.15, 0.2) is 0 Å². The van der Waals surface area contributed by atoms with Gasteiger partial charge in [0.15, 0.2) is 0 Å². The molecule has 7 heteroatoms. The zero-order chi connectivity index (χ0) is 17.9. The molecule has 1 saturated carbocycles. The molecule has 0 unspecified atom stereocenters. The van der Waals surface area contributed by atoms with Gasteiger partial charge in [-0.15, -0.1) is 0 Å². The average Bonchev–Trinajstić information content (AvgIpc) is 3.18. The molecular weight excluding hydrogens is 320 g/mol. The third-order valence-electron chi connectivity index (χ3n) is 6.02. The number of imide groups is 1. The van der Waals surface area contributed by atoms with Crippen LogP contribution in [0.2, 0.25) is 0 Å². The Morgan fingerprint density at radius 1 is 1.24 bits per heavy atom. The summed E-state index contributed by atoms with van der Waals surface area (Å²) in [6.07, 6.45) is 6.87.